The molecule has 3 N–H and O–H groups in total. The van der Waals surface area contributed by atoms with Crippen molar-refractivity contribution in [1.29, 1.82) is 0 Å². The van der Waals surface area contributed by atoms with Crippen LogP contribution in [0, 0.1) is 33.1 Å². The van der Waals surface area contributed by atoms with Gasteiger partial charge in [-0.15, -0.1) is 32.9 Å². The Bertz CT molecular complexity index is 2410. The van der Waals surface area contributed by atoms with Crippen LogP contribution in [0.3, 0.4) is 0 Å². The molecule has 2 aliphatic rings. The summed E-state index contributed by atoms with van der Waals surface area (Å²) >= 11 is 3.30. The molecule has 2 unspecified atom stereocenters. The first-order chi connectivity index (χ1) is 28.5. The number of fused-ring (bicyclic) bond motifs is 3. The minimum atomic E-state index is -0.912. The van der Waals surface area contributed by atoms with Crippen LogP contribution in [0.1, 0.15) is 110 Å². The van der Waals surface area contributed by atoms with Gasteiger partial charge in [0.25, 0.3) is 0 Å². The summed E-state index contributed by atoms with van der Waals surface area (Å²) in [5.74, 6) is 1.28. The minimum absolute atomic E-state index is 0.00551. The standard InChI is InChI=1S/C45H54N8O5S2/c1-24-28(5)60-44-37(24)38(47-27(4)41-51-50-29(6)53(41)44)31-16-18-34(19-17-31)58-20-10-11-36(55)49-40(45(7,8)9)43(57)52-22-33(54)21-35(52)42(56)48-25(2)30-12-14-32(15-13-30)39-26(3)46-23-59-39/h12-19,23,25,27,33,35,40,54H,10-11,20-22H2,1-9H3,(H,48,56)(H,49,55)/t25?,27-,33+,35-,40?/m0/s1. The molecule has 2 aromatic carbocycles. The lowest BCUT2D eigenvalue weighted by molar-refractivity contribution is -0.144. The average Bonchev–Trinajstić information content (AvgIpc) is 3.98. The monoisotopic (exact) mass is 850 g/mol. The van der Waals surface area contributed by atoms with E-state index in [-0.39, 0.29) is 43.3 Å². The van der Waals surface area contributed by atoms with Crippen LogP contribution < -0.4 is 15.4 Å². The second-order valence-electron chi connectivity index (χ2n) is 16.9. The molecule has 5 heterocycles. The van der Waals surface area contributed by atoms with E-state index in [1.165, 1.54) is 15.3 Å². The zero-order chi connectivity index (χ0) is 43.0. The fraction of sp³-hybridized carbons (Fsp3) is 0.444. The summed E-state index contributed by atoms with van der Waals surface area (Å²) < 4.78 is 8.17. The number of ether oxygens (including phenoxy) is 1. The van der Waals surface area contributed by atoms with Crippen LogP contribution >= 0.6 is 22.7 Å². The molecule has 7 rings (SSSR count). The third kappa shape index (κ3) is 8.79. The maximum absolute atomic E-state index is 14.1. The van der Waals surface area contributed by atoms with Crippen molar-refractivity contribution in [3.8, 4) is 21.2 Å². The van der Waals surface area contributed by atoms with Gasteiger partial charge in [-0.1, -0.05) is 45.0 Å². The molecule has 0 radical (unpaired) electrons. The predicted octanol–water partition coefficient (Wildman–Crippen LogP) is 7.13. The Morgan fingerprint density at radius 3 is 2.35 bits per heavy atom. The molecule has 0 aliphatic carbocycles. The lowest BCUT2D eigenvalue weighted by Crippen LogP contribution is -2.57. The van der Waals surface area contributed by atoms with Gasteiger partial charge in [-0.05, 0) is 94.3 Å². The van der Waals surface area contributed by atoms with E-state index in [4.69, 9.17) is 9.73 Å². The fourth-order valence-corrected chi connectivity index (χ4v) is 9.89. The Balaban J connectivity index is 0.936. The third-order valence-corrected chi connectivity index (χ3v) is 13.5. The molecule has 60 heavy (non-hydrogen) atoms. The number of likely N-dealkylation sites (tertiary alicyclic amines) is 1. The van der Waals surface area contributed by atoms with Crippen LogP contribution in [-0.2, 0) is 14.4 Å². The smallest absolute Gasteiger partial charge is 0.246 e. The molecule has 3 amide bonds. The van der Waals surface area contributed by atoms with Gasteiger partial charge in [-0.3, -0.25) is 23.9 Å². The summed E-state index contributed by atoms with van der Waals surface area (Å²) in [5, 5.41) is 26.5. The molecule has 5 atom stereocenters. The number of aliphatic hydroxyl groups excluding tert-OH is 1. The summed E-state index contributed by atoms with van der Waals surface area (Å²) in [7, 11) is 0. The molecule has 1 fully saturated rings. The van der Waals surface area contributed by atoms with E-state index in [1.54, 1.807) is 22.7 Å². The minimum Gasteiger partial charge on any atom is -0.494 e. The van der Waals surface area contributed by atoms with Crippen LogP contribution in [0.15, 0.2) is 59.0 Å². The number of aliphatic imine (C=N–C) groups is 1. The Hall–Kier alpha value is -5.25. The zero-order valence-corrected chi connectivity index (χ0v) is 37.3. The van der Waals surface area contributed by atoms with Crippen molar-refractivity contribution in [2.24, 2.45) is 10.4 Å². The highest BCUT2D eigenvalue weighted by molar-refractivity contribution is 7.15. The topological polar surface area (TPSA) is 164 Å². The Kier molecular flexibility index (Phi) is 12.4. The molecule has 15 heteroatoms. The number of aryl methyl sites for hydroxylation is 3. The molecular weight excluding hydrogens is 797 g/mol. The van der Waals surface area contributed by atoms with E-state index in [9.17, 15) is 19.5 Å². The number of thiophene rings is 1. The van der Waals surface area contributed by atoms with Gasteiger partial charge in [0.1, 0.15) is 34.7 Å². The number of nitrogens with one attached hydrogen (secondary N) is 2. The molecule has 0 saturated carbocycles. The number of carbonyl (C=O) groups excluding carboxylic acids is 3. The van der Waals surface area contributed by atoms with E-state index in [2.05, 4.69) is 44.2 Å². The second kappa shape index (κ2) is 17.4. The normalized spacial score (nSPS) is 18.5. The second-order valence-corrected chi connectivity index (χ2v) is 19.0. The Labute approximate surface area is 359 Å². The van der Waals surface area contributed by atoms with Crippen molar-refractivity contribution in [3.63, 3.8) is 0 Å². The maximum atomic E-state index is 14.1. The van der Waals surface area contributed by atoms with Crippen LogP contribution in [0.25, 0.3) is 15.4 Å². The number of aliphatic hydroxyl groups is 1. The Morgan fingerprint density at radius 2 is 1.68 bits per heavy atom. The maximum Gasteiger partial charge on any atom is 0.246 e. The Morgan fingerprint density at radius 1 is 0.983 bits per heavy atom. The van der Waals surface area contributed by atoms with E-state index >= 15 is 0 Å². The number of benzene rings is 2. The van der Waals surface area contributed by atoms with Gasteiger partial charge in [0.05, 0.1) is 40.5 Å². The van der Waals surface area contributed by atoms with Crippen LogP contribution in [-0.4, -0.2) is 84.5 Å². The number of carbonyl (C=O) groups is 3. The molecule has 5 aromatic rings. The highest BCUT2D eigenvalue weighted by atomic mass is 32.1. The van der Waals surface area contributed by atoms with E-state index in [0.29, 0.717) is 18.8 Å². The van der Waals surface area contributed by atoms with Gasteiger partial charge in [0.2, 0.25) is 17.7 Å². The first-order valence-corrected chi connectivity index (χ1v) is 22.1. The number of nitrogens with zero attached hydrogens (tertiary/aromatic N) is 6. The first-order valence-electron chi connectivity index (χ1n) is 20.4. The van der Waals surface area contributed by atoms with Crippen LogP contribution in [0.2, 0.25) is 0 Å². The number of hydrogen-bond acceptors (Lipinski definition) is 11. The fourth-order valence-electron chi connectivity index (χ4n) is 7.86. The quantitative estimate of drug-likeness (QED) is 0.112. The molecule has 0 bridgehead atoms. The van der Waals surface area contributed by atoms with Gasteiger partial charge < -0.3 is 25.4 Å². The largest absolute Gasteiger partial charge is 0.494 e. The summed E-state index contributed by atoms with van der Waals surface area (Å²) in [6.07, 6.45) is -0.182. The van der Waals surface area contributed by atoms with Crippen molar-refractivity contribution in [3.05, 3.63) is 98.5 Å². The van der Waals surface area contributed by atoms with Gasteiger partial charge in [0, 0.05) is 35.4 Å². The highest BCUT2D eigenvalue weighted by Gasteiger charge is 2.44. The predicted molar refractivity (Wildman–Crippen MR) is 235 cm³/mol. The lowest BCUT2D eigenvalue weighted by Gasteiger charge is -2.35. The van der Waals surface area contributed by atoms with Gasteiger partial charge in [0.15, 0.2) is 5.82 Å². The molecular formula is C45H54N8O5S2. The number of thiazole rings is 1. The van der Waals surface area contributed by atoms with Crippen molar-refractivity contribution in [1.82, 2.24) is 35.3 Å². The number of hydrogen-bond donors (Lipinski definition) is 3. The third-order valence-electron chi connectivity index (χ3n) is 11.4. The summed E-state index contributed by atoms with van der Waals surface area (Å²) in [4.78, 5) is 54.3. The van der Waals surface area contributed by atoms with Crippen molar-refractivity contribution < 1.29 is 24.2 Å². The summed E-state index contributed by atoms with van der Waals surface area (Å²) in [6, 6.07) is 13.5. The van der Waals surface area contributed by atoms with Crippen LogP contribution in [0.4, 0.5) is 0 Å². The summed E-state index contributed by atoms with van der Waals surface area (Å²) in [5.41, 5.74) is 8.25. The van der Waals surface area contributed by atoms with Gasteiger partial charge >= 0.3 is 0 Å². The van der Waals surface area contributed by atoms with Crippen molar-refractivity contribution >= 4 is 46.1 Å². The molecule has 3 aromatic heterocycles. The number of aromatic nitrogens is 4. The summed E-state index contributed by atoms with van der Waals surface area (Å²) in [6.45, 7) is 18.0. The lowest BCUT2D eigenvalue weighted by atomic mass is 9.85. The van der Waals surface area contributed by atoms with Gasteiger partial charge in [-0.2, -0.15) is 0 Å². The van der Waals surface area contributed by atoms with E-state index in [1.807, 2.05) is 103 Å². The van der Waals surface area contributed by atoms with E-state index < -0.39 is 29.5 Å². The molecule has 13 nitrogen and oxygen atoms in total. The molecule has 2 aliphatic heterocycles. The molecule has 316 valence electrons. The number of amides is 3. The van der Waals surface area contributed by atoms with Gasteiger partial charge in [-0.25, -0.2) is 4.98 Å². The van der Waals surface area contributed by atoms with Crippen molar-refractivity contribution in [2.75, 3.05) is 13.2 Å². The van der Waals surface area contributed by atoms with Crippen molar-refractivity contribution in [2.45, 2.75) is 112 Å². The number of β-amino-alcohol motifs (C(OH)–C–C–N with tert-alkyl or cyclic N) is 1. The van der Waals surface area contributed by atoms with E-state index in [0.717, 1.165) is 55.2 Å². The molecule has 1 saturated heterocycles. The average molecular weight is 851 g/mol. The zero-order valence-electron chi connectivity index (χ0n) is 35.7. The first kappa shape index (κ1) is 42.9. The SMILES string of the molecule is Cc1ncsc1-c1ccc(C(C)NC(=O)[C@@H]2C[C@@H](O)CN2C(=O)C(NC(=O)CCCOc2ccc(C3=N[C@@H](C)c4nnc(C)n4-c4sc(C)c(C)c43)cc2)C(C)(C)C)cc1. The number of rotatable bonds is 12. The molecule has 0 spiro atoms. The highest BCUT2D eigenvalue weighted by Crippen LogP contribution is 2.39. The van der Waals surface area contributed by atoms with Crippen LogP contribution in [0.5, 0.6) is 5.75 Å².